The van der Waals surface area contributed by atoms with E-state index in [1.165, 1.54) is 6.07 Å². The van der Waals surface area contributed by atoms with E-state index in [9.17, 15) is 4.79 Å². The van der Waals surface area contributed by atoms with Crippen LogP contribution in [-0.2, 0) is 0 Å². The number of rotatable bonds is 2. The van der Waals surface area contributed by atoms with Crippen molar-refractivity contribution in [2.75, 3.05) is 7.11 Å². The van der Waals surface area contributed by atoms with Gasteiger partial charge in [0.15, 0.2) is 0 Å². The molecule has 0 saturated heterocycles. The number of pyridine rings is 1. The van der Waals surface area contributed by atoms with Crippen molar-refractivity contribution < 1.29 is 4.74 Å². The maximum atomic E-state index is 11.3. The predicted molar refractivity (Wildman–Crippen MR) is 68.5 cm³/mol. The second-order valence-electron chi connectivity index (χ2n) is 4.06. The van der Waals surface area contributed by atoms with E-state index in [0.717, 1.165) is 28.1 Å². The van der Waals surface area contributed by atoms with Gasteiger partial charge in [0.05, 0.1) is 7.11 Å². The molecular formula is C14H15NO2. The second kappa shape index (κ2) is 4.45. The molecule has 0 radical (unpaired) electrons. The van der Waals surface area contributed by atoms with Gasteiger partial charge < -0.3 is 9.72 Å². The summed E-state index contributed by atoms with van der Waals surface area (Å²) in [5.74, 6) is 0.835. The average molecular weight is 229 g/mol. The molecule has 2 aromatic rings. The lowest BCUT2D eigenvalue weighted by Gasteiger charge is -2.11. The van der Waals surface area contributed by atoms with Crippen molar-refractivity contribution in [3.8, 4) is 17.0 Å². The fourth-order valence-corrected chi connectivity index (χ4v) is 2.06. The Bertz CT molecular complexity index is 576. The number of ether oxygens (including phenoxy) is 1. The molecule has 3 nitrogen and oxygen atoms in total. The quantitative estimate of drug-likeness (QED) is 0.860. The number of aromatic nitrogens is 1. The highest BCUT2D eigenvalue weighted by atomic mass is 16.5. The molecule has 0 unspecified atom stereocenters. The van der Waals surface area contributed by atoms with Crippen molar-refractivity contribution in [2.45, 2.75) is 13.8 Å². The molecule has 0 atom stereocenters. The minimum Gasteiger partial charge on any atom is -0.497 e. The van der Waals surface area contributed by atoms with Gasteiger partial charge in [-0.2, -0.15) is 0 Å². The van der Waals surface area contributed by atoms with Crippen molar-refractivity contribution in [2.24, 2.45) is 0 Å². The number of benzene rings is 1. The Labute approximate surface area is 100 Å². The summed E-state index contributed by atoms with van der Waals surface area (Å²) in [4.78, 5) is 14.2. The third-order valence-corrected chi connectivity index (χ3v) is 2.78. The summed E-state index contributed by atoms with van der Waals surface area (Å²) in [6, 6.07) is 9.11. The van der Waals surface area contributed by atoms with E-state index < -0.39 is 0 Å². The third kappa shape index (κ3) is 2.23. The molecule has 0 bridgehead atoms. The van der Waals surface area contributed by atoms with E-state index in [2.05, 4.69) is 4.98 Å². The van der Waals surface area contributed by atoms with Gasteiger partial charge in [-0.25, -0.2) is 0 Å². The first-order valence-corrected chi connectivity index (χ1v) is 5.47. The van der Waals surface area contributed by atoms with Crippen LogP contribution in [0.2, 0.25) is 0 Å². The summed E-state index contributed by atoms with van der Waals surface area (Å²) in [6.45, 7) is 4.02. The van der Waals surface area contributed by atoms with Crippen molar-refractivity contribution in [1.29, 1.82) is 0 Å². The highest BCUT2D eigenvalue weighted by Gasteiger charge is 2.08. The molecular weight excluding hydrogens is 214 g/mol. The molecule has 88 valence electrons. The van der Waals surface area contributed by atoms with Crippen LogP contribution in [0.1, 0.15) is 11.1 Å². The first-order chi connectivity index (χ1) is 8.11. The lowest BCUT2D eigenvalue weighted by molar-refractivity contribution is 0.414. The average Bonchev–Trinajstić information content (AvgIpc) is 2.28. The minimum absolute atomic E-state index is 0.0860. The SMILES string of the molecule is COc1cc(C)c(-c2cccc(=O)[nH]2)c(C)c1. The molecule has 0 fully saturated rings. The molecule has 0 saturated carbocycles. The summed E-state index contributed by atoms with van der Waals surface area (Å²) in [7, 11) is 1.65. The van der Waals surface area contributed by atoms with Crippen molar-refractivity contribution >= 4 is 0 Å². The summed E-state index contributed by atoms with van der Waals surface area (Å²) in [5.41, 5.74) is 3.99. The summed E-state index contributed by atoms with van der Waals surface area (Å²) >= 11 is 0. The van der Waals surface area contributed by atoms with Crippen LogP contribution in [0.4, 0.5) is 0 Å². The first kappa shape index (κ1) is 11.5. The first-order valence-electron chi connectivity index (χ1n) is 5.47. The van der Waals surface area contributed by atoms with E-state index in [0.29, 0.717) is 0 Å². The highest BCUT2D eigenvalue weighted by Crippen LogP contribution is 2.28. The predicted octanol–water partition coefficient (Wildman–Crippen LogP) is 2.67. The number of aromatic amines is 1. The molecule has 2 rings (SSSR count). The molecule has 1 heterocycles. The van der Waals surface area contributed by atoms with Crippen LogP contribution in [0.5, 0.6) is 5.75 Å². The minimum atomic E-state index is -0.0860. The van der Waals surface area contributed by atoms with Gasteiger partial charge in [0.1, 0.15) is 5.75 Å². The molecule has 0 amide bonds. The Kier molecular flexibility index (Phi) is 3.00. The van der Waals surface area contributed by atoms with E-state index in [4.69, 9.17) is 4.74 Å². The summed E-state index contributed by atoms with van der Waals surface area (Å²) in [5, 5.41) is 0. The molecule has 0 aliphatic carbocycles. The Morgan fingerprint density at radius 2 is 1.76 bits per heavy atom. The fraction of sp³-hybridized carbons (Fsp3) is 0.214. The Morgan fingerprint density at radius 1 is 1.12 bits per heavy atom. The Morgan fingerprint density at radius 3 is 2.29 bits per heavy atom. The van der Waals surface area contributed by atoms with Crippen LogP contribution in [-0.4, -0.2) is 12.1 Å². The van der Waals surface area contributed by atoms with Gasteiger partial charge in [0, 0.05) is 17.3 Å². The maximum Gasteiger partial charge on any atom is 0.248 e. The maximum absolute atomic E-state index is 11.3. The van der Waals surface area contributed by atoms with Gasteiger partial charge in [-0.05, 0) is 43.2 Å². The van der Waals surface area contributed by atoms with Gasteiger partial charge in [-0.3, -0.25) is 4.79 Å². The van der Waals surface area contributed by atoms with Gasteiger partial charge in [0.25, 0.3) is 0 Å². The zero-order valence-electron chi connectivity index (χ0n) is 10.2. The van der Waals surface area contributed by atoms with Crippen LogP contribution in [0.15, 0.2) is 35.1 Å². The summed E-state index contributed by atoms with van der Waals surface area (Å²) in [6.07, 6.45) is 0. The number of methoxy groups -OCH3 is 1. The molecule has 1 N–H and O–H groups in total. The zero-order valence-corrected chi connectivity index (χ0v) is 10.2. The number of H-pyrrole nitrogens is 1. The van der Waals surface area contributed by atoms with Crippen LogP contribution >= 0.6 is 0 Å². The highest BCUT2D eigenvalue weighted by molar-refractivity contribution is 5.68. The van der Waals surface area contributed by atoms with E-state index in [1.807, 2.05) is 32.0 Å². The molecule has 0 spiro atoms. The molecule has 17 heavy (non-hydrogen) atoms. The Hall–Kier alpha value is -2.03. The molecule has 1 aromatic carbocycles. The topological polar surface area (TPSA) is 42.1 Å². The van der Waals surface area contributed by atoms with E-state index in [-0.39, 0.29) is 5.56 Å². The molecule has 0 aliphatic rings. The fourth-order valence-electron chi connectivity index (χ4n) is 2.06. The number of aryl methyl sites for hydroxylation is 2. The van der Waals surface area contributed by atoms with E-state index in [1.54, 1.807) is 13.2 Å². The lowest BCUT2D eigenvalue weighted by atomic mass is 9.99. The largest absolute Gasteiger partial charge is 0.497 e. The smallest absolute Gasteiger partial charge is 0.248 e. The number of hydrogen-bond acceptors (Lipinski definition) is 2. The van der Waals surface area contributed by atoms with Gasteiger partial charge in [-0.15, -0.1) is 0 Å². The molecule has 1 aromatic heterocycles. The van der Waals surface area contributed by atoms with Crippen LogP contribution < -0.4 is 10.3 Å². The monoisotopic (exact) mass is 229 g/mol. The van der Waals surface area contributed by atoms with Crippen LogP contribution in [0.25, 0.3) is 11.3 Å². The van der Waals surface area contributed by atoms with Crippen molar-refractivity contribution in [1.82, 2.24) is 4.98 Å². The van der Waals surface area contributed by atoms with Crippen LogP contribution in [0, 0.1) is 13.8 Å². The van der Waals surface area contributed by atoms with Crippen molar-refractivity contribution in [3.63, 3.8) is 0 Å². The Balaban J connectivity index is 2.64. The second-order valence-corrected chi connectivity index (χ2v) is 4.06. The standard InChI is InChI=1S/C14H15NO2/c1-9-7-11(17-3)8-10(2)14(9)12-5-4-6-13(16)15-12/h4-8H,1-3H3,(H,15,16). The van der Waals surface area contributed by atoms with Crippen molar-refractivity contribution in [3.05, 3.63) is 51.8 Å². The van der Waals surface area contributed by atoms with E-state index >= 15 is 0 Å². The number of hydrogen-bond donors (Lipinski definition) is 1. The van der Waals surface area contributed by atoms with Crippen LogP contribution in [0.3, 0.4) is 0 Å². The molecule has 3 heteroatoms. The lowest BCUT2D eigenvalue weighted by Crippen LogP contribution is -2.05. The third-order valence-electron chi connectivity index (χ3n) is 2.78. The summed E-state index contributed by atoms with van der Waals surface area (Å²) < 4.78 is 5.22. The number of nitrogens with one attached hydrogen (secondary N) is 1. The molecule has 0 aliphatic heterocycles. The normalized spacial score (nSPS) is 10.3. The zero-order chi connectivity index (χ0) is 12.4. The van der Waals surface area contributed by atoms with Gasteiger partial charge in [0.2, 0.25) is 5.56 Å². The van der Waals surface area contributed by atoms with Gasteiger partial charge in [-0.1, -0.05) is 6.07 Å². The van der Waals surface area contributed by atoms with Gasteiger partial charge >= 0.3 is 0 Å².